The van der Waals surface area contributed by atoms with Crippen LogP contribution in [0.15, 0.2) is 12.4 Å². The predicted octanol–water partition coefficient (Wildman–Crippen LogP) is -0.638. The molecule has 2 saturated heterocycles. The van der Waals surface area contributed by atoms with E-state index in [1.807, 2.05) is 0 Å². The number of aromatic nitrogens is 2. The minimum absolute atomic E-state index is 0.252. The highest BCUT2D eigenvalue weighted by Gasteiger charge is 2.58. The molecule has 2 aliphatic heterocycles. The fraction of sp³-hybridized carbons (Fsp3) is 0.643. The van der Waals surface area contributed by atoms with Crippen LogP contribution in [0.25, 0.3) is 0 Å². The number of nitrogens with one attached hydrogen (secondary N) is 1. The Kier molecular flexibility index (Phi) is 3.44. The van der Waals surface area contributed by atoms with E-state index in [-0.39, 0.29) is 5.56 Å². The third-order valence-corrected chi connectivity index (χ3v) is 4.90. The van der Waals surface area contributed by atoms with E-state index < -0.39 is 5.91 Å². The average molecular weight is 305 g/mol. The molecule has 0 bridgehead atoms. The van der Waals surface area contributed by atoms with Gasteiger partial charge in [0.15, 0.2) is 0 Å². The van der Waals surface area contributed by atoms with Crippen molar-refractivity contribution in [3.8, 4) is 0 Å². The number of rotatable bonds is 3. The Morgan fingerprint density at radius 2 is 1.86 bits per heavy atom. The van der Waals surface area contributed by atoms with Crippen LogP contribution < -0.4 is 10.4 Å². The fourth-order valence-corrected chi connectivity index (χ4v) is 3.74. The molecule has 0 aromatic carbocycles. The average Bonchev–Trinajstić information content (AvgIpc) is 3.09. The van der Waals surface area contributed by atoms with Crippen LogP contribution in [-0.4, -0.2) is 71.4 Å². The molecule has 3 aliphatic rings. The molecule has 1 aromatic heterocycles. The second-order valence-corrected chi connectivity index (χ2v) is 6.08. The summed E-state index contributed by atoms with van der Waals surface area (Å²) in [6, 6.07) is 0.694. The maximum Gasteiger partial charge on any atom is 0.277 e. The Labute approximate surface area is 128 Å². The van der Waals surface area contributed by atoms with E-state index in [1.165, 1.54) is 12.4 Å². The number of anilines is 1. The van der Waals surface area contributed by atoms with E-state index in [0.29, 0.717) is 23.8 Å². The summed E-state index contributed by atoms with van der Waals surface area (Å²) in [7, 11) is 0. The van der Waals surface area contributed by atoms with Gasteiger partial charge in [0.1, 0.15) is 0 Å². The lowest BCUT2D eigenvalue weighted by Gasteiger charge is -2.30. The van der Waals surface area contributed by atoms with Crippen molar-refractivity contribution in [3.05, 3.63) is 18.0 Å². The van der Waals surface area contributed by atoms with Gasteiger partial charge in [0.05, 0.1) is 18.8 Å². The number of hydroxylamine groups is 1. The van der Waals surface area contributed by atoms with Gasteiger partial charge in [-0.25, -0.2) is 15.4 Å². The summed E-state index contributed by atoms with van der Waals surface area (Å²) in [6.07, 6.45) is 2.88. The number of piperidine rings is 1. The summed E-state index contributed by atoms with van der Waals surface area (Å²) in [5.74, 6) is 1.45. The van der Waals surface area contributed by atoms with Crippen LogP contribution in [0.4, 0.5) is 5.95 Å². The lowest BCUT2D eigenvalue weighted by molar-refractivity contribution is 0.0292. The van der Waals surface area contributed by atoms with Gasteiger partial charge in [-0.3, -0.25) is 14.9 Å². The van der Waals surface area contributed by atoms with Crippen LogP contribution >= 0.6 is 0 Å². The zero-order valence-corrected chi connectivity index (χ0v) is 12.2. The third-order valence-electron chi connectivity index (χ3n) is 4.90. The molecule has 3 heterocycles. The Morgan fingerprint density at radius 3 is 2.45 bits per heavy atom. The normalized spacial score (nSPS) is 31.0. The summed E-state index contributed by atoms with van der Waals surface area (Å²) in [5, 5.41) is 8.58. The molecule has 22 heavy (non-hydrogen) atoms. The molecule has 8 nitrogen and oxygen atoms in total. The van der Waals surface area contributed by atoms with Gasteiger partial charge in [0.25, 0.3) is 5.91 Å². The van der Waals surface area contributed by atoms with E-state index >= 15 is 0 Å². The molecule has 8 heteroatoms. The number of hydrogen-bond acceptors (Lipinski definition) is 7. The van der Waals surface area contributed by atoms with Gasteiger partial charge in [-0.1, -0.05) is 0 Å². The van der Waals surface area contributed by atoms with Gasteiger partial charge in [-0.15, -0.1) is 0 Å². The van der Waals surface area contributed by atoms with Crippen LogP contribution in [0, 0.1) is 11.8 Å². The van der Waals surface area contributed by atoms with Crippen LogP contribution in [0.5, 0.6) is 0 Å². The molecule has 1 aliphatic carbocycles. The number of morpholine rings is 1. The Morgan fingerprint density at radius 1 is 1.23 bits per heavy atom. The number of carbonyl (C=O) groups excluding carboxylic acids is 1. The number of fused-ring (bicyclic) bond motifs is 1. The number of ether oxygens (including phenoxy) is 1. The number of carbonyl (C=O) groups is 1. The minimum atomic E-state index is -0.594. The van der Waals surface area contributed by atoms with E-state index in [4.69, 9.17) is 9.94 Å². The van der Waals surface area contributed by atoms with Gasteiger partial charge in [0, 0.05) is 44.6 Å². The summed E-state index contributed by atoms with van der Waals surface area (Å²) in [5.41, 5.74) is 1.83. The van der Waals surface area contributed by atoms with Crippen LogP contribution in [-0.2, 0) is 4.74 Å². The second kappa shape index (κ2) is 5.45. The van der Waals surface area contributed by atoms with Crippen molar-refractivity contribution in [1.29, 1.82) is 0 Å². The quantitative estimate of drug-likeness (QED) is 0.567. The van der Waals surface area contributed by atoms with Gasteiger partial charge in [-0.05, 0) is 11.8 Å². The third kappa shape index (κ3) is 2.33. The molecule has 4 rings (SSSR count). The summed E-state index contributed by atoms with van der Waals surface area (Å²) < 4.78 is 5.41. The van der Waals surface area contributed by atoms with Crippen molar-refractivity contribution in [2.75, 3.05) is 44.3 Å². The number of nitrogens with zero attached hydrogens (tertiary/aromatic N) is 4. The second-order valence-electron chi connectivity index (χ2n) is 6.08. The molecular formula is C14H19N5O3. The monoisotopic (exact) mass is 305 g/mol. The SMILES string of the molecule is O=C(NO)c1cnc(N2CC3C(C2)C3N2CCOCC2)nc1. The maximum atomic E-state index is 11.3. The van der Waals surface area contributed by atoms with E-state index in [9.17, 15) is 4.79 Å². The molecule has 0 spiro atoms. The first-order valence-corrected chi connectivity index (χ1v) is 7.61. The van der Waals surface area contributed by atoms with Crippen LogP contribution in [0.3, 0.4) is 0 Å². The maximum absolute atomic E-state index is 11.3. The van der Waals surface area contributed by atoms with E-state index in [2.05, 4.69) is 19.8 Å². The van der Waals surface area contributed by atoms with Crippen molar-refractivity contribution in [2.24, 2.45) is 11.8 Å². The summed E-state index contributed by atoms with van der Waals surface area (Å²) in [6.45, 7) is 5.71. The zero-order chi connectivity index (χ0) is 15.1. The molecule has 2 atom stereocenters. The molecular weight excluding hydrogens is 286 g/mol. The van der Waals surface area contributed by atoms with Crippen molar-refractivity contribution in [3.63, 3.8) is 0 Å². The molecule has 1 saturated carbocycles. The highest BCUT2D eigenvalue weighted by molar-refractivity contribution is 5.92. The van der Waals surface area contributed by atoms with Gasteiger partial charge in [-0.2, -0.15) is 0 Å². The van der Waals surface area contributed by atoms with Crippen LogP contribution in [0.1, 0.15) is 10.4 Å². The van der Waals surface area contributed by atoms with Gasteiger partial charge in [0.2, 0.25) is 5.95 Å². The summed E-state index contributed by atoms with van der Waals surface area (Å²) >= 11 is 0. The van der Waals surface area contributed by atoms with Crippen molar-refractivity contribution >= 4 is 11.9 Å². The van der Waals surface area contributed by atoms with Crippen molar-refractivity contribution in [2.45, 2.75) is 6.04 Å². The predicted molar refractivity (Wildman–Crippen MR) is 76.7 cm³/mol. The van der Waals surface area contributed by atoms with Gasteiger partial charge < -0.3 is 9.64 Å². The molecule has 118 valence electrons. The highest BCUT2D eigenvalue weighted by Crippen LogP contribution is 2.49. The Bertz CT molecular complexity index is 548. The van der Waals surface area contributed by atoms with Crippen molar-refractivity contribution < 1.29 is 14.7 Å². The smallest absolute Gasteiger partial charge is 0.277 e. The van der Waals surface area contributed by atoms with Crippen molar-refractivity contribution in [1.82, 2.24) is 20.3 Å². The van der Waals surface area contributed by atoms with Crippen LogP contribution in [0.2, 0.25) is 0 Å². The first-order chi connectivity index (χ1) is 10.8. The summed E-state index contributed by atoms with van der Waals surface area (Å²) in [4.78, 5) is 24.4. The Hall–Kier alpha value is -1.77. The lowest BCUT2D eigenvalue weighted by atomic mass is 10.3. The fourth-order valence-electron chi connectivity index (χ4n) is 3.74. The largest absolute Gasteiger partial charge is 0.379 e. The standard InChI is InChI=1S/C14H19N5O3/c20-13(17-21)9-5-15-14(16-6-9)19-7-10-11(8-19)12(10)18-1-3-22-4-2-18/h5-6,10-12,21H,1-4,7-8H2,(H,17,20). The molecule has 2 N–H and O–H groups in total. The first-order valence-electron chi connectivity index (χ1n) is 7.61. The molecule has 0 radical (unpaired) electrons. The van der Waals surface area contributed by atoms with Gasteiger partial charge >= 0.3 is 0 Å². The lowest BCUT2D eigenvalue weighted by Crippen LogP contribution is -2.42. The molecule has 1 amide bonds. The van der Waals surface area contributed by atoms with E-state index in [0.717, 1.165) is 39.4 Å². The highest BCUT2D eigenvalue weighted by atomic mass is 16.5. The molecule has 2 unspecified atom stereocenters. The number of hydrogen-bond donors (Lipinski definition) is 2. The minimum Gasteiger partial charge on any atom is -0.379 e. The zero-order valence-electron chi connectivity index (χ0n) is 12.2. The molecule has 1 aromatic rings. The Balaban J connectivity index is 1.36. The topological polar surface area (TPSA) is 90.8 Å². The number of amides is 1. The first kappa shape index (κ1) is 13.9. The molecule has 3 fully saturated rings. The van der Waals surface area contributed by atoms with E-state index in [1.54, 1.807) is 5.48 Å².